The maximum atomic E-state index is 13.5. The lowest BCUT2D eigenvalue weighted by Gasteiger charge is -2.31. The maximum Gasteiger partial charge on any atom is 0.290 e. The van der Waals surface area contributed by atoms with Crippen LogP contribution in [0, 0.1) is 6.92 Å². The first-order valence-electron chi connectivity index (χ1n) is 10.5. The van der Waals surface area contributed by atoms with Gasteiger partial charge in [-0.25, -0.2) is 0 Å². The second-order valence-electron chi connectivity index (χ2n) is 8.08. The standard InChI is InChI=1S/C24H23ClN2O4/c1-15-5-6-19-18(13-15)22(28)20-21(16-3-2-4-17(25)14-16)27(24(29)23(20)31-19)8-7-26-9-11-30-12-10-26/h2-6,13-14,21H,7-12H2,1H3/t21-/m1/s1. The van der Waals surface area contributed by atoms with Gasteiger partial charge in [0.25, 0.3) is 5.91 Å². The van der Waals surface area contributed by atoms with E-state index in [2.05, 4.69) is 4.90 Å². The number of halogens is 1. The summed E-state index contributed by atoms with van der Waals surface area (Å²) >= 11 is 6.26. The third-order valence-corrected chi connectivity index (χ3v) is 6.28. The molecule has 160 valence electrons. The summed E-state index contributed by atoms with van der Waals surface area (Å²) in [4.78, 5) is 31.0. The van der Waals surface area contributed by atoms with E-state index < -0.39 is 6.04 Å². The fourth-order valence-electron chi connectivity index (χ4n) is 4.46. The molecule has 0 aliphatic carbocycles. The lowest BCUT2D eigenvalue weighted by molar-refractivity contribution is 0.0314. The van der Waals surface area contributed by atoms with Gasteiger partial charge in [-0.2, -0.15) is 0 Å². The highest BCUT2D eigenvalue weighted by molar-refractivity contribution is 6.30. The van der Waals surface area contributed by atoms with Crippen LogP contribution >= 0.6 is 11.6 Å². The molecule has 0 bridgehead atoms. The number of ether oxygens (including phenoxy) is 1. The minimum atomic E-state index is -0.525. The number of morpholine rings is 1. The number of fused-ring (bicyclic) bond motifs is 2. The average Bonchev–Trinajstić information content (AvgIpc) is 3.05. The largest absolute Gasteiger partial charge is 0.450 e. The molecule has 1 saturated heterocycles. The Kier molecular flexibility index (Phi) is 5.30. The molecule has 1 aromatic heterocycles. The summed E-state index contributed by atoms with van der Waals surface area (Å²) in [6, 6.07) is 12.3. The Labute approximate surface area is 185 Å². The number of benzene rings is 2. The van der Waals surface area contributed by atoms with Crippen LogP contribution in [-0.4, -0.2) is 55.1 Å². The second-order valence-corrected chi connectivity index (χ2v) is 8.52. The van der Waals surface area contributed by atoms with Crippen molar-refractivity contribution in [3.05, 3.63) is 80.2 Å². The average molecular weight is 439 g/mol. The van der Waals surface area contributed by atoms with E-state index in [1.54, 1.807) is 17.0 Å². The van der Waals surface area contributed by atoms with Crippen LogP contribution in [0.3, 0.4) is 0 Å². The molecule has 1 amide bonds. The molecule has 1 atom stereocenters. The van der Waals surface area contributed by atoms with Crippen molar-refractivity contribution in [2.75, 3.05) is 39.4 Å². The van der Waals surface area contributed by atoms with Gasteiger partial charge in [0, 0.05) is 31.2 Å². The van der Waals surface area contributed by atoms with Crippen LogP contribution in [-0.2, 0) is 4.74 Å². The minimum absolute atomic E-state index is 0.133. The van der Waals surface area contributed by atoms with Crippen molar-refractivity contribution in [2.24, 2.45) is 0 Å². The fourth-order valence-corrected chi connectivity index (χ4v) is 4.66. The third-order valence-electron chi connectivity index (χ3n) is 6.05. The van der Waals surface area contributed by atoms with Crippen LogP contribution in [0.5, 0.6) is 0 Å². The number of carbonyl (C=O) groups excluding carboxylic acids is 1. The SMILES string of the molecule is Cc1ccc2oc3c(c(=O)c2c1)[C@@H](c1cccc(Cl)c1)N(CCN1CCOCC1)C3=O. The van der Waals surface area contributed by atoms with Crippen molar-refractivity contribution < 1.29 is 13.9 Å². The van der Waals surface area contributed by atoms with Crippen molar-refractivity contribution in [2.45, 2.75) is 13.0 Å². The van der Waals surface area contributed by atoms with Gasteiger partial charge >= 0.3 is 0 Å². The van der Waals surface area contributed by atoms with Crippen LogP contribution in [0.2, 0.25) is 5.02 Å². The molecule has 0 spiro atoms. The maximum absolute atomic E-state index is 13.5. The van der Waals surface area contributed by atoms with Crippen LogP contribution in [0.25, 0.3) is 11.0 Å². The molecule has 0 radical (unpaired) electrons. The van der Waals surface area contributed by atoms with Crippen LogP contribution in [0.4, 0.5) is 0 Å². The number of rotatable bonds is 4. The van der Waals surface area contributed by atoms with Gasteiger partial charge in [0.2, 0.25) is 5.76 Å². The van der Waals surface area contributed by atoms with Gasteiger partial charge in [0.05, 0.1) is 30.2 Å². The zero-order chi connectivity index (χ0) is 21.5. The predicted molar refractivity (Wildman–Crippen MR) is 119 cm³/mol. The molecular weight excluding hydrogens is 416 g/mol. The molecule has 0 N–H and O–H groups in total. The highest BCUT2D eigenvalue weighted by Crippen LogP contribution is 2.38. The van der Waals surface area contributed by atoms with E-state index in [-0.39, 0.29) is 17.1 Å². The number of nitrogens with zero attached hydrogens (tertiary/aromatic N) is 2. The molecule has 7 heteroatoms. The van der Waals surface area contributed by atoms with Crippen molar-refractivity contribution in [1.29, 1.82) is 0 Å². The molecule has 2 aliphatic rings. The van der Waals surface area contributed by atoms with E-state index in [9.17, 15) is 9.59 Å². The minimum Gasteiger partial charge on any atom is -0.450 e. The Morgan fingerprint density at radius 3 is 2.65 bits per heavy atom. The van der Waals surface area contributed by atoms with E-state index in [1.165, 1.54) is 0 Å². The molecule has 0 unspecified atom stereocenters. The molecule has 5 rings (SSSR count). The molecule has 3 heterocycles. The summed E-state index contributed by atoms with van der Waals surface area (Å²) in [6.07, 6.45) is 0. The van der Waals surface area contributed by atoms with E-state index in [1.807, 2.05) is 37.3 Å². The zero-order valence-electron chi connectivity index (χ0n) is 17.3. The Hall–Kier alpha value is -2.67. The number of hydrogen-bond acceptors (Lipinski definition) is 5. The predicted octanol–water partition coefficient (Wildman–Crippen LogP) is 3.63. The van der Waals surface area contributed by atoms with Crippen LogP contribution < -0.4 is 5.43 Å². The summed E-state index contributed by atoms with van der Waals surface area (Å²) in [5, 5.41) is 1.06. The van der Waals surface area contributed by atoms with E-state index in [4.69, 9.17) is 20.8 Å². The smallest absolute Gasteiger partial charge is 0.290 e. The van der Waals surface area contributed by atoms with E-state index >= 15 is 0 Å². The Morgan fingerprint density at radius 1 is 1.06 bits per heavy atom. The highest BCUT2D eigenvalue weighted by Gasteiger charge is 2.42. The molecule has 2 aromatic carbocycles. The molecule has 2 aliphatic heterocycles. The first-order chi connectivity index (χ1) is 15.0. The number of hydrogen-bond donors (Lipinski definition) is 0. The van der Waals surface area contributed by atoms with Gasteiger partial charge in [-0.05, 0) is 36.8 Å². The molecule has 31 heavy (non-hydrogen) atoms. The summed E-state index contributed by atoms with van der Waals surface area (Å²) < 4.78 is 11.4. The summed E-state index contributed by atoms with van der Waals surface area (Å²) in [6.45, 7) is 6.16. The Bertz CT molecular complexity index is 1220. The van der Waals surface area contributed by atoms with Crippen molar-refractivity contribution >= 4 is 28.5 Å². The second kappa shape index (κ2) is 8.11. The fraction of sp³-hybridized carbons (Fsp3) is 0.333. The summed E-state index contributed by atoms with van der Waals surface area (Å²) in [5.74, 6) is -0.124. The van der Waals surface area contributed by atoms with Gasteiger partial charge in [-0.3, -0.25) is 14.5 Å². The first kappa shape index (κ1) is 20.2. The topological polar surface area (TPSA) is 63.0 Å². The Balaban J connectivity index is 1.61. The first-order valence-corrected chi connectivity index (χ1v) is 10.8. The van der Waals surface area contributed by atoms with Gasteiger partial charge in [-0.1, -0.05) is 35.4 Å². The van der Waals surface area contributed by atoms with Crippen molar-refractivity contribution in [3.63, 3.8) is 0 Å². The summed E-state index contributed by atoms with van der Waals surface area (Å²) in [7, 11) is 0. The van der Waals surface area contributed by atoms with Gasteiger partial charge in [0.15, 0.2) is 5.43 Å². The molecule has 1 fully saturated rings. The monoisotopic (exact) mass is 438 g/mol. The number of amides is 1. The van der Waals surface area contributed by atoms with Crippen LogP contribution in [0.1, 0.15) is 33.3 Å². The third kappa shape index (κ3) is 3.65. The molecular formula is C24H23ClN2O4. The number of carbonyl (C=O) groups is 1. The number of aryl methyl sites for hydroxylation is 1. The Morgan fingerprint density at radius 2 is 1.87 bits per heavy atom. The quantitative estimate of drug-likeness (QED) is 0.622. The molecule has 0 saturated carbocycles. The van der Waals surface area contributed by atoms with Gasteiger partial charge < -0.3 is 14.1 Å². The van der Waals surface area contributed by atoms with Crippen molar-refractivity contribution in [3.8, 4) is 0 Å². The van der Waals surface area contributed by atoms with Gasteiger partial charge in [0.1, 0.15) is 5.58 Å². The van der Waals surface area contributed by atoms with E-state index in [0.29, 0.717) is 47.9 Å². The molecule has 3 aromatic rings. The summed E-state index contributed by atoms with van der Waals surface area (Å²) in [5.41, 5.74) is 2.44. The van der Waals surface area contributed by atoms with Gasteiger partial charge in [-0.15, -0.1) is 0 Å². The normalized spacial score (nSPS) is 19.2. The zero-order valence-corrected chi connectivity index (χ0v) is 18.0. The van der Waals surface area contributed by atoms with Crippen molar-refractivity contribution in [1.82, 2.24) is 9.80 Å². The molecule has 6 nitrogen and oxygen atoms in total. The van der Waals surface area contributed by atoms with E-state index in [0.717, 1.165) is 24.2 Å². The lowest BCUT2D eigenvalue weighted by atomic mass is 9.98. The van der Waals surface area contributed by atoms with Crippen LogP contribution in [0.15, 0.2) is 51.7 Å². The highest BCUT2D eigenvalue weighted by atomic mass is 35.5. The lowest BCUT2D eigenvalue weighted by Crippen LogP contribution is -2.42.